The molecule has 4 rings (SSSR count). The first-order valence-electron chi connectivity index (χ1n) is 7.78. The maximum atomic E-state index is 12.7. The number of nitrogens with zero attached hydrogens (tertiary/aromatic N) is 6. The fourth-order valence-corrected chi connectivity index (χ4v) is 3.18. The topological polar surface area (TPSA) is 68.8 Å². The summed E-state index contributed by atoms with van der Waals surface area (Å²) in [6.45, 7) is 1.46. The summed E-state index contributed by atoms with van der Waals surface area (Å²) in [5.74, 6) is 0.00954. The average Bonchev–Trinajstić information content (AvgIpc) is 3.25. The average molecular weight is 310 g/mol. The third-order valence-electron chi connectivity index (χ3n) is 4.55. The van der Waals surface area contributed by atoms with E-state index in [1.165, 1.54) is 0 Å². The molecule has 3 aromatic heterocycles. The molecule has 7 nitrogen and oxygen atoms in total. The fraction of sp³-hybridized carbons (Fsp3) is 0.375. The molecular formula is C16H18N6O. The van der Waals surface area contributed by atoms with Gasteiger partial charge in [-0.3, -0.25) is 4.79 Å². The van der Waals surface area contributed by atoms with Crippen LogP contribution in [0, 0.1) is 0 Å². The summed E-state index contributed by atoms with van der Waals surface area (Å²) >= 11 is 0. The Morgan fingerprint density at radius 2 is 1.87 bits per heavy atom. The number of pyridine rings is 1. The van der Waals surface area contributed by atoms with Crippen molar-refractivity contribution in [3.63, 3.8) is 0 Å². The molecule has 0 unspecified atom stereocenters. The van der Waals surface area contributed by atoms with Gasteiger partial charge in [-0.05, 0) is 31.0 Å². The second-order valence-corrected chi connectivity index (χ2v) is 5.97. The third-order valence-corrected chi connectivity index (χ3v) is 4.55. The summed E-state index contributed by atoms with van der Waals surface area (Å²) in [4.78, 5) is 19.1. The van der Waals surface area contributed by atoms with Gasteiger partial charge in [0.25, 0.3) is 5.91 Å². The molecule has 1 aliphatic heterocycles. The monoisotopic (exact) mass is 310 g/mol. The number of hydrogen-bond donors (Lipinski definition) is 0. The van der Waals surface area contributed by atoms with Crippen LogP contribution in [-0.4, -0.2) is 48.2 Å². The number of carbonyl (C=O) groups excluding carboxylic acids is 1. The molecule has 1 fully saturated rings. The number of likely N-dealkylation sites (tertiary alicyclic amines) is 1. The molecule has 7 heteroatoms. The van der Waals surface area contributed by atoms with Gasteiger partial charge in [0.05, 0.1) is 0 Å². The van der Waals surface area contributed by atoms with Gasteiger partial charge in [0.1, 0.15) is 24.0 Å². The number of aromatic nitrogens is 5. The van der Waals surface area contributed by atoms with Gasteiger partial charge in [0.15, 0.2) is 0 Å². The van der Waals surface area contributed by atoms with E-state index in [0.29, 0.717) is 11.7 Å². The third kappa shape index (κ3) is 2.48. The highest BCUT2D eigenvalue weighted by Gasteiger charge is 2.25. The number of hydrogen-bond acceptors (Lipinski definition) is 4. The lowest BCUT2D eigenvalue weighted by atomic mass is 10.0. The Morgan fingerprint density at radius 1 is 1.13 bits per heavy atom. The predicted molar refractivity (Wildman–Crippen MR) is 84.9 cm³/mol. The molecule has 0 aliphatic carbocycles. The van der Waals surface area contributed by atoms with Crippen LogP contribution in [0.15, 0.2) is 37.1 Å². The van der Waals surface area contributed by atoms with Crippen molar-refractivity contribution in [2.45, 2.75) is 18.9 Å². The van der Waals surface area contributed by atoms with Crippen LogP contribution in [-0.2, 0) is 7.05 Å². The van der Waals surface area contributed by atoms with Crippen molar-refractivity contribution in [1.29, 1.82) is 0 Å². The van der Waals surface area contributed by atoms with Crippen molar-refractivity contribution >= 4 is 16.9 Å². The maximum absolute atomic E-state index is 12.7. The molecule has 3 aromatic rings. The van der Waals surface area contributed by atoms with Crippen LogP contribution in [0.3, 0.4) is 0 Å². The van der Waals surface area contributed by atoms with E-state index in [1.807, 2.05) is 45.5 Å². The van der Waals surface area contributed by atoms with Crippen molar-refractivity contribution in [3.05, 3.63) is 42.7 Å². The van der Waals surface area contributed by atoms with Crippen LogP contribution in [0.4, 0.5) is 0 Å². The highest BCUT2D eigenvalue weighted by Crippen LogP contribution is 2.23. The molecule has 0 atom stereocenters. The molecular weight excluding hydrogens is 292 g/mol. The molecule has 1 aliphatic rings. The molecule has 0 aromatic carbocycles. The summed E-state index contributed by atoms with van der Waals surface area (Å²) in [5, 5.41) is 8.75. The first-order valence-corrected chi connectivity index (χ1v) is 7.78. The van der Waals surface area contributed by atoms with Gasteiger partial charge >= 0.3 is 0 Å². The molecule has 1 saturated heterocycles. The summed E-state index contributed by atoms with van der Waals surface area (Å²) in [7, 11) is 1.94. The smallest absolute Gasteiger partial charge is 0.272 e. The van der Waals surface area contributed by atoms with Gasteiger partial charge < -0.3 is 14.0 Å². The Kier molecular flexibility index (Phi) is 3.33. The normalized spacial score (nSPS) is 16.1. The number of rotatable bonds is 2. The van der Waals surface area contributed by atoms with Gasteiger partial charge in [0, 0.05) is 37.8 Å². The van der Waals surface area contributed by atoms with Crippen LogP contribution in [0.5, 0.6) is 0 Å². The van der Waals surface area contributed by atoms with Gasteiger partial charge in [-0.1, -0.05) is 0 Å². The van der Waals surface area contributed by atoms with Crippen molar-refractivity contribution in [1.82, 2.24) is 29.2 Å². The van der Waals surface area contributed by atoms with E-state index in [2.05, 4.69) is 15.2 Å². The molecule has 118 valence electrons. The number of aryl methyl sites for hydroxylation is 1. The van der Waals surface area contributed by atoms with Crippen LogP contribution in [0.25, 0.3) is 11.0 Å². The lowest BCUT2D eigenvalue weighted by molar-refractivity contribution is 0.0689. The number of fused-ring (bicyclic) bond motifs is 1. The van der Waals surface area contributed by atoms with E-state index < -0.39 is 0 Å². The Hall–Kier alpha value is -2.70. The minimum atomic E-state index is 0.00954. The molecule has 23 heavy (non-hydrogen) atoms. The molecule has 0 saturated carbocycles. The lowest BCUT2D eigenvalue weighted by Crippen LogP contribution is -2.39. The van der Waals surface area contributed by atoms with Gasteiger partial charge in [-0.2, -0.15) is 0 Å². The summed E-state index contributed by atoms with van der Waals surface area (Å²) < 4.78 is 3.96. The molecule has 0 spiro atoms. The van der Waals surface area contributed by atoms with E-state index >= 15 is 0 Å². The highest BCUT2D eigenvalue weighted by atomic mass is 16.2. The number of amides is 1. The van der Waals surface area contributed by atoms with Crippen LogP contribution >= 0.6 is 0 Å². The highest BCUT2D eigenvalue weighted by molar-refractivity contribution is 5.94. The number of piperidine rings is 1. The molecule has 0 bridgehead atoms. The Labute approximate surface area is 133 Å². The predicted octanol–water partition coefficient (Wildman–Crippen LogP) is 1.64. The molecule has 1 amide bonds. The van der Waals surface area contributed by atoms with E-state index in [0.717, 1.165) is 37.0 Å². The van der Waals surface area contributed by atoms with E-state index in [4.69, 9.17) is 0 Å². The van der Waals surface area contributed by atoms with Crippen molar-refractivity contribution in [2.24, 2.45) is 7.05 Å². The fourth-order valence-electron chi connectivity index (χ4n) is 3.18. The van der Waals surface area contributed by atoms with Crippen molar-refractivity contribution in [3.8, 4) is 0 Å². The second kappa shape index (κ2) is 5.49. The quantitative estimate of drug-likeness (QED) is 0.721. The first-order chi connectivity index (χ1) is 11.2. The minimum Gasteiger partial charge on any atom is -0.337 e. The zero-order chi connectivity index (χ0) is 15.8. The summed E-state index contributed by atoms with van der Waals surface area (Å²) in [6, 6.07) is 6.15. The minimum absolute atomic E-state index is 0.00954. The molecule has 4 heterocycles. The summed E-state index contributed by atoms with van der Waals surface area (Å²) in [6.07, 6.45) is 7.27. The molecule has 0 radical (unpaired) electrons. The zero-order valence-corrected chi connectivity index (χ0v) is 13.0. The van der Waals surface area contributed by atoms with E-state index in [9.17, 15) is 4.79 Å². The van der Waals surface area contributed by atoms with E-state index in [1.54, 1.807) is 12.7 Å². The largest absolute Gasteiger partial charge is 0.337 e. The lowest BCUT2D eigenvalue weighted by Gasteiger charge is -2.32. The number of carbonyl (C=O) groups is 1. The Bertz CT molecular complexity index is 830. The SMILES string of the molecule is Cn1ccc2ccc(C(=O)N3CCC(n4cnnc4)CC3)nc21. The van der Waals surface area contributed by atoms with Gasteiger partial charge in [-0.15, -0.1) is 10.2 Å². The van der Waals surface area contributed by atoms with Crippen LogP contribution in [0.2, 0.25) is 0 Å². The van der Waals surface area contributed by atoms with Gasteiger partial charge in [0.2, 0.25) is 0 Å². The van der Waals surface area contributed by atoms with Crippen molar-refractivity contribution in [2.75, 3.05) is 13.1 Å². The Morgan fingerprint density at radius 3 is 2.61 bits per heavy atom. The second-order valence-electron chi connectivity index (χ2n) is 5.97. The maximum Gasteiger partial charge on any atom is 0.272 e. The zero-order valence-electron chi connectivity index (χ0n) is 13.0. The molecule has 0 N–H and O–H groups in total. The van der Waals surface area contributed by atoms with Gasteiger partial charge in [-0.25, -0.2) is 4.98 Å². The summed E-state index contributed by atoms with van der Waals surface area (Å²) in [5.41, 5.74) is 1.36. The van der Waals surface area contributed by atoms with Crippen LogP contribution in [0.1, 0.15) is 29.4 Å². The first kappa shape index (κ1) is 13.9. The van der Waals surface area contributed by atoms with Crippen LogP contribution < -0.4 is 0 Å². The van der Waals surface area contributed by atoms with E-state index in [-0.39, 0.29) is 5.91 Å². The van der Waals surface area contributed by atoms with Crippen molar-refractivity contribution < 1.29 is 4.79 Å². The standard InChI is InChI=1S/C16H18N6O/c1-20-7-4-12-2-3-14(19-15(12)20)16(23)21-8-5-13(6-9-21)22-10-17-18-11-22/h2-4,7,10-11,13H,5-6,8-9H2,1H3. The Balaban J connectivity index is 1.49.